The number of carboxylic acids is 1. The molecule has 0 saturated carbocycles. The molecule has 1 aromatic rings. The third-order valence-electron chi connectivity index (χ3n) is 2.21. The molecule has 0 radical (unpaired) electrons. The lowest BCUT2D eigenvalue weighted by Gasteiger charge is -2.09. The lowest BCUT2D eigenvalue weighted by Crippen LogP contribution is -2.33. The summed E-state index contributed by atoms with van der Waals surface area (Å²) < 4.78 is 0.610. The van der Waals surface area contributed by atoms with Crippen molar-refractivity contribution in [3.63, 3.8) is 0 Å². The van der Waals surface area contributed by atoms with E-state index in [9.17, 15) is 14.9 Å². The molecule has 0 aliphatic rings. The van der Waals surface area contributed by atoms with Gasteiger partial charge in [0.15, 0.2) is 0 Å². The van der Waals surface area contributed by atoms with Crippen molar-refractivity contribution in [1.82, 2.24) is 5.32 Å². The maximum atomic E-state index is 10.8. The van der Waals surface area contributed by atoms with Gasteiger partial charge in [-0.1, -0.05) is 15.9 Å². The first-order valence-corrected chi connectivity index (χ1v) is 5.60. The average molecular weight is 303 g/mol. The maximum Gasteiger partial charge on any atom is 0.320 e. The highest BCUT2D eigenvalue weighted by molar-refractivity contribution is 9.10. The zero-order chi connectivity index (χ0) is 13.0. The minimum Gasteiger partial charge on any atom is -0.480 e. The van der Waals surface area contributed by atoms with Crippen molar-refractivity contribution in [3.05, 3.63) is 38.3 Å². The number of rotatable bonds is 5. The number of nitrogens with zero attached hydrogens (tertiary/aromatic N) is 1. The van der Waals surface area contributed by atoms with E-state index in [2.05, 4.69) is 21.2 Å². The second-order valence-corrected chi connectivity index (χ2v) is 4.39. The van der Waals surface area contributed by atoms with E-state index in [0.29, 0.717) is 10.0 Å². The van der Waals surface area contributed by atoms with Crippen molar-refractivity contribution < 1.29 is 14.8 Å². The monoisotopic (exact) mass is 302 g/mol. The predicted octanol–water partition coefficient (Wildman–Crippen LogP) is 1.92. The quantitative estimate of drug-likeness (QED) is 0.640. The highest BCUT2D eigenvalue weighted by Gasteiger charge is 2.16. The van der Waals surface area contributed by atoms with Crippen LogP contribution in [-0.4, -0.2) is 22.0 Å². The number of hydrogen-bond donors (Lipinski definition) is 2. The Bertz CT molecular complexity index is 450. The van der Waals surface area contributed by atoms with Gasteiger partial charge in [-0.05, 0) is 19.1 Å². The van der Waals surface area contributed by atoms with Gasteiger partial charge >= 0.3 is 5.97 Å². The number of hydrogen-bond acceptors (Lipinski definition) is 4. The van der Waals surface area contributed by atoms with Crippen LogP contribution in [0.4, 0.5) is 5.69 Å². The molecule has 0 bridgehead atoms. The molecule has 0 heterocycles. The molecule has 17 heavy (non-hydrogen) atoms. The van der Waals surface area contributed by atoms with Gasteiger partial charge in [0.25, 0.3) is 5.69 Å². The summed E-state index contributed by atoms with van der Waals surface area (Å²) >= 11 is 3.15. The Morgan fingerprint density at radius 3 is 2.82 bits per heavy atom. The molecule has 1 atom stereocenters. The van der Waals surface area contributed by atoms with Gasteiger partial charge in [0.2, 0.25) is 0 Å². The van der Waals surface area contributed by atoms with Gasteiger partial charge in [0.1, 0.15) is 6.04 Å². The number of carboxylic acid groups (broad SMARTS) is 1. The number of nitro groups is 1. The summed E-state index contributed by atoms with van der Waals surface area (Å²) in [5, 5.41) is 22.2. The second-order valence-electron chi connectivity index (χ2n) is 3.47. The van der Waals surface area contributed by atoms with Gasteiger partial charge in [-0.2, -0.15) is 0 Å². The molecule has 1 rings (SSSR count). The summed E-state index contributed by atoms with van der Waals surface area (Å²) in [6.45, 7) is 1.62. The van der Waals surface area contributed by atoms with Crippen LogP contribution in [-0.2, 0) is 11.3 Å². The lowest BCUT2D eigenvalue weighted by molar-refractivity contribution is -0.385. The Balaban J connectivity index is 2.84. The summed E-state index contributed by atoms with van der Waals surface area (Å²) in [5.41, 5.74) is 0.413. The van der Waals surface area contributed by atoms with Crippen LogP contribution in [0.15, 0.2) is 22.7 Å². The van der Waals surface area contributed by atoms with Gasteiger partial charge in [-0.3, -0.25) is 14.9 Å². The van der Waals surface area contributed by atoms with Gasteiger partial charge in [-0.25, -0.2) is 0 Å². The van der Waals surface area contributed by atoms with Gasteiger partial charge in [0.05, 0.1) is 4.92 Å². The van der Waals surface area contributed by atoms with E-state index in [1.807, 2.05) is 0 Å². The molecule has 6 nitrogen and oxygen atoms in total. The smallest absolute Gasteiger partial charge is 0.320 e. The predicted molar refractivity (Wildman–Crippen MR) is 64.7 cm³/mol. The third-order valence-corrected chi connectivity index (χ3v) is 2.71. The SMILES string of the molecule is C[C@H](NCc1ccc(Br)cc1[N+](=O)[O-])C(=O)O. The fraction of sp³-hybridized carbons (Fsp3) is 0.300. The molecule has 0 aliphatic carbocycles. The second kappa shape index (κ2) is 5.74. The third kappa shape index (κ3) is 3.79. The minimum atomic E-state index is -0.996. The maximum absolute atomic E-state index is 10.8. The fourth-order valence-electron chi connectivity index (χ4n) is 1.21. The Morgan fingerprint density at radius 1 is 1.65 bits per heavy atom. The highest BCUT2D eigenvalue weighted by Crippen LogP contribution is 2.23. The van der Waals surface area contributed by atoms with Crippen molar-refractivity contribution in [2.75, 3.05) is 0 Å². The molecule has 0 saturated heterocycles. The van der Waals surface area contributed by atoms with Crippen LogP contribution in [0, 0.1) is 10.1 Å². The Labute approximate surface area is 106 Å². The largest absolute Gasteiger partial charge is 0.480 e. The minimum absolute atomic E-state index is 0.0375. The summed E-state index contributed by atoms with van der Waals surface area (Å²) in [4.78, 5) is 20.9. The van der Waals surface area contributed by atoms with Crippen LogP contribution in [0.25, 0.3) is 0 Å². The van der Waals surface area contributed by atoms with E-state index in [1.165, 1.54) is 13.0 Å². The van der Waals surface area contributed by atoms with Crippen molar-refractivity contribution in [2.45, 2.75) is 19.5 Å². The van der Waals surface area contributed by atoms with Crippen LogP contribution in [0.1, 0.15) is 12.5 Å². The molecular formula is C10H11BrN2O4. The summed E-state index contributed by atoms with van der Waals surface area (Å²) in [7, 11) is 0. The number of nitro benzene ring substituents is 1. The van der Waals surface area contributed by atoms with E-state index >= 15 is 0 Å². The zero-order valence-corrected chi connectivity index (χ0v) is 10.6. The summed E-state index contributed by atoms with van der Waals surface area (Å²) in [6, 6.07) is 3.90. The number of carbonyl (C=O) groups is 1. The zero-order valence-electron chi connectivity index (χ0n) is 9.01. The molecule has 0 amide bonds. The van der Waals surface area contributed by atoms with E-state index in [-0.39, 0.29) is 12.2 Å². The average Bonchev–Trinajstić information content (AvgIpc) is 2.26. The Morgan fingerprint density at radius 2 is 2.29 bits per heavy atom. The molecule has 0 fully saturated rings. The molecule has 0 aliphatic heterocycles. The Hall–Kier alpha value is -1.47. The van der Waals surface area contributed by atoms with E-state index in [1.54, 1.807) is 12.1 Å². The first-order chi connectivity index (χ1) is 7.91. The van der Waals surface area contributed by atoms with Crippen LogP contribution >= 0.6 is 15.9 Å². The molecular weight excluding hydrogens is 292 g/mol. The number of halogens is 1. The molecule has 0 spiro atoms. The highest BCUT2D eigenvalue weighted by atomic mass is 79.9. The van der Waals surface area contributed by atoms with Gasteiger partial charge in [-0.15, -0.1) is 0 Å². The van der Waals surface area contributed by atoms with Crippen molar-refractivity contribution in [2.24, 2.45) is 0 Å². The fourth-order valence-corrected chi connectivity index (χ4v) is 1.56. The normalized spacial score (nSPS) is 12.1. The van der Waals surface area contributed by atoms with E-state index in [0.717, 1.165) is 0 Å². The van der Waals surface area contributed by atoms with Crippen LogP contribution in [0.5, 0.6) is 0 Å². The van der Waals surface area contributed by atoms with E-state index in [4.69, 9.17) is 5.11 Å². The van der Waals surface area contributed by atoms with E-state index < -0.39 is 16.9 Å². The van der Waals surface area contributed by atoms with Crippen LogP contribution < -0.4 is 5.32 Å². The molecule has 92 valence electrons. The number of benzene rings is 1. The van der Waals surface area contributed by atoms with Gasteiger partial charge in [0, 0.05) is 22.6 Å². The van der Waals surface area contributed by atoms with Crippen LogP contribution in [0.3, 0.4) is 0 Å². The molecule has 2 N–H and O–H groups in total. The van der Waals surface area contributed by atoms with Crippen molar-refractivity contribution in [3.8, 4) is 0 Å². The first-order valence-electron chi connectivity index (χ1n) is 4.81. The first kappa shape index (κ1) is 13.6. The van der Waals surface area contributed by atoms with Crippen molar-refractivity contribution in [1.29, 1.82) is 0 Å². The standard InChI is InChI=1S/C10H11BrN2O4/c1-6(10(14)15)12-5-7-2-3-8(11)4-9(7)13(16)17/h2-4,6,12H,5H2,1H3,(H,14,15)/t6-/m0/s1. The van der Waals surface area contributed by atoms with Gasteiger partial charge < -0.3 is 10.4 Å². The molecule has 1 aromatic carbocycles. The lowest BCUT2D eigenvalue weighted by atomic mass is 10.1. The molecule has 7 heteroatoms. The number of aliphatic carboxylic acids is 1. The topological polar surface area (TPSA) is 92.5 Å². The summed E-state index contributed by atoms with van der Waals surface area (Å²) in [5.74, 6) is -0.996. The molecule has 0 aromatic heterocycles. The molecule has 0 unspecified atom stereocenters. The summed E-state index contributed by atoms with van der Waals surface area (Å²) in [6.07, 6.45) is 0. The number of nitrogens with one attached hydrogen (secondary N) is 1. The van der Waals surface area contributed by atoms with Crippen molar-refractivity contribution >= 4 is 27.6 Å². The Kier molecular flexibility index (Phi) is 4.59. The van der Waals surface area contributed by atoms with Crippen LogP contribution in [0.2, 0.25) is 0 Å².